The van der Waals surface area contributed by atoms with Crippen LogP contribution in [0.5, 0.6) is 5.75 Å². The number of pyridine rings is 1. The topological polar surface area (TPSA) is 45.9 Å². The fourth-order valence-electron chi connectivity index (χ4n) is 1.37. The Morgan fingerprint density at radius 1 is 1.56 bits per heavy atom. The zero-order valence-electron chi connectivity index (χ0n) is 8.51. The molecule has 86 valence electrons. The van der Waals surface area contributed by atoms with E-state index in [9.17, 15) is 8.78 Å². The van der Waals surface area contributed by atoms with Crippen LogP contribution in [-0.4, -0.2) is 12.1 Å². The molecule has 0 spiro atoms. The molecule has 1 aromatic rings. The van der Waals surface area contributed by atoms with E-state index in [4.69, 9.17) is 10.00 Å². The molecular formula is C10H9BrF2N2O. The van der Waals surface area contributed by atoms with Crippen molar-refractivity contribution in [3.63, 3.8) is 0 Å². The maximum Gasteiger partial charge on any atom is 0.280 e. The molecule has 0 aliphatic carbocycles. The fraction of sp³-hybridized carbons (Fsp3) is 0.400. The number of hydrogen-bond acceptors (Lipinski definition) is 3. The molecule has 16 heavy (non-hydrogen) atoms. The Bertz CT molecular complexity index is 418. The molecule has 0 saturated carbocycles. The SMILES string of the molecule is COc1cnc(C(F)F)c(CC#N)c1CBr. The minimum Gasteiger partial charge on any atom is -0.495 e. The highest BCUT2D eigenvalue weighted by atomic mass is 79.9. The third kappa shape index (κ3) is 2.47. The van der Waals surface area contributed by atoms with Crippen molar-refractivity contribution in [3.05, 3.63) is 23.0 Å². The molecule has 0 fully saturated rings. The molecule has 6 heteroatoms. The highest BCUT2D eigenvalue weighted by Gasteiger charge is 2.20. The third-order valence-electron chi connectivity index (χ3n) is 2.11. The summed E-state index contributed by atoms with van der Waals surface area (Å²) in [5.74, 6) is 0.409. The molecule has 0 aliphatic heterocycles. The van der Waals surface area contributed by atoms with E-state index in [1.165, 1.54) is 13.3 Å². The van der Waals surface area contributed by atoms with E-state index >= 15 is 0 Å². The van der Waals surface area contributed by atoms with Crippen LogP contribution >= 0.6 is 15.9 Å². The number of ether oxygens (including phenoxy) is 1. The summed E-state index contributed by atoms with van der Waals surface area (Å²) in [6.45, 7) is 0. The number of nitrogens with zero attached hydrogens (tertiary/aromatic N) is 2. The van der Waals surface area contributed by atoms with Gasteiger partial charge in [0.2, 0.25) is 0 Å². The molecule has 0 saturated heterocycles. The molecular weight excluding hydrogens is 282 g/mol. The van der Waals surface area contributed by atoms with E-state index in [-0.39, 0.29) is 17.7 Å². The van der Waals surface area contributed by atoms with Crippen LogP contribution in [0.4, 0.5) is 8.78 Å². The lowest BCUT2D eigenvalue weighted by Gasteiger charge is -2.13. The van der Waals surface area contributed by atoms with E-state index in [2.05, 4.69) is 20.9 Å². The summed E-state index contributed by atoms with van der Waals surface area (Å²) < 4.78 is 30.4. The first-order valence-corrected chi connectivity index (χ1v) is 5.53. The summed E-state index contributed by atoms with van der Waals surface area (Å²) in [7, 11) is 1.43. The average molecular weight is 291 g/mol. The van der Waals surface area contributed by atoms with Gasteiger partial charge < -0.3 is 4.74 Å². The van der Waals surface area contributed by atoms with Crippen LogP contribution in [0.2, 0.25) is 0 Å². The maximum atomic E-state index is 12.7. The average Bonchev–Trinajstić information content (AvgIpc) is 2.28. The Labute approximate surface area is 100 Å². The standard InChI is InChI=1S/C10H9BrF2N2O/c1-16-8-5-15-9(10(12)13)6(2-3-14)7(8)4-11/h5,10H,2,4H2,1H3. The molecule has 1 aromatic heterocycles. The van der Waals surface area contributed by atoms with E-state index in [1.807, 2.05) is 6.07 Å². The molecule has 1 heterocycles. The van der Waals surface area contributed by atoms with Gasteiger partial charge in [0.05, 0.1) is 25.8 Å². The number of methoxy groups -OCH3 is 1. The van der Waals surface area contributed by atoms with Crippen molar-refractivity contribution in [2.24, 2.45) is 0 Å². The van der Waals surface area contributed by atoms with Gasteiger partial charge in [0.25, 0.3) is 6.43 Å². The number of rotatable bonds is 4. The lowest BCUT2D eigenvalue weighted by atomic mass is 10.0. The van der Waals surface area contributed by atoms with Gasteiger partial charge in [0.15, 0.2) is 0 Å². The summed E-state index contributed by atoms with van der Waals surface area (Å²) in [6, 6.07) is 1.86. The zero-order valence-corrected chi connectivity index (χ0v) is 10.1. The molecule has 0 bridgehead atoms. The van der Waals surface area contributed by atoms with Gasteiger partial charge in [-0.15, -0.1) is 0 Å². The predicted molar refractivity (Wildman–Crippen MR) is 57.7 cm³/mol. The summed E-state index contributed by atoms with van der Waals surface area (Å²) in [5.41, 5.74) is 0.444. The first-order chi connectivity index (χ1) is 7.65. The van der Waals surface area contributed by atoms with Crippen LogP contribution in [0.15, 0.2) is 6.20 Å². The predicted octanol–water partition coefficient (Wildman–Crippen LogP) is 2.99. The van der Waals surface area contributed by atoms with Crippen molar-refractivity contribution in [2.45, 2.75) is 18.2 Å². The summed E-state index contributed by atoms with van der Waals surface area (Å²) >= 11 is 3.19. The minimum absolute atomic E-state index is 0.106. The van der Waals surface area contributed by atoms with Gasteiger partial charge >= 0.3 is 0 Å². The van der Waals surface area contributed by atoms with Crippen molar-refractivity contribution < 1.29 is 13.5 Å². The van der Waals surface area contributed by atoms with Crippen LogP contribution in [-0.2, 0) is 11.8 Å². The van der Waals surface area contributed by atoms with E-state index in [0.29, 0.717) is 16.6 Å². The quantitative estimate of drug-likeness (QED) is 0.801. The molecule has 0 unspecified atom stereocenters. The maximum absolute atomic E-state index is 12.7. The number of hydrogen-bond donors (Lipinski definition) is 0. The van der Waals surface area contributed by atoms with E-state index < -0.39 is 6.43 Å². The monoisotopic (exact) mass is 290 g/mol. The van der Waals surface area contributed by atoms with Gasteiger partial charge in [-0.05, 0) is 0 Å². The lowest BCUT2D eigenvalue weighted by Crippen LogP contribution is -2.04. The summed E-state index contributed by atoms with van der Waals surface area (Å²) in [4.78, 5) is 3.63. The first kappa shape index (κ1) is 12.8. The van der Waals surface area contributed by atoms with Crippen molar-refractivity contribution in [1.82, 2.24) is 4.98 Å². The number of aromatic nitrogens is 1. The van der Waals surface area contributed by atoms with Gasteiger partial charge in [0, 0.05) is 16.5 Å². The second-order valence-electron chi connectivity index (χ2n) is 2.94. The van der Waals surface area contributed by atoms with Crippen LogP contribution in [0, 0.1) is 11.3 Å². The second-order valence-corrected chi connectivity index (χ2v) is 3.50. The number of nitriles is 1. The Balaban J connectivity index is 3.38. The molecule has 0 amide bonds. The van der Waals surface area contributed by atoms with Crippen molar-refractivity contribution in [2.75, 3.05) is 7.11 Å². The largest absolute Gasteiger partial charge is 0.495 e. The Kier molecular flexibility index (Phi) is 4.62. The number of halogens is 3. The Morgan fingerprint density at radius 3 is 2.69 bits per heavy atom. The van der Waals surface area contributed by atoms with Crippen molar-refractivity contribution in [1.29, 1.82) is 5.26 Å². The second kappa shape index (κ2) is 5.75. The molecule has 0 radical (unpaired) electrons. The number of alkyl halides is 3. The molecule has 1 rings (SSSR count). The van der Waals surface area contributed by atoms with Gasteiger partial charge in [0.1, 0.15) is 11.4 Å². The van der Waals surface area contributed by atoms with E-state index in [0.717, 1.165) is 0 Å². The molecule has 0 N–H and O–H groups in total. The smallest absolute Gasteiger partial charge is 0.280 e. The third-order valence-corrected chi connectivity index (χ3v) is 2.67. The van der Waals surface area contributed by atoms with Crippen LogP contribution in [0.3, 0.4) is 0 Å². The Hall–Kier alpha value is -1.22. The molecule has 3 nitrogen and oxygen atoms in total. The van der Waals surface area contributed by atoms with Crippen LogP contribution in [0.25, 0.3) is 0 Å². The molecule has 0 aromatic carbocycles. The fourth-order valence-corrected chi connectivity index (χ4v) is 1.99. The molecule has 0 aliphatic rings. The lowest BCUT2D eigenvalue weighted by molar-refractivity contribution is 0.144. The van der Waals surface area contributed by atoms with Gasteiger partial charge in [-0.3, -0.25) is 4.98 Å². The van der Waals surface area contributed by atoms with Crippen molar-refractivity contribution >= 4 is 15.9 Å². The normalized spacial score (nSPS) is 10.2. The van der Waals surface area contributed by atoms with Crippen molar-refractivity contribution in [3.8, 4) is 11.8 Å². The highest BCUT2D eigenvalue weighted by molar-refractivity contribution is 9.08. The van der Waals surface area contributed by atoms with Gasteiger partial charge in [-0.25, -0.2) is 8.78 Å². The van der Waals surface area contributed by atoms with E-state index in [1.54, 1.807) is 0 Å². The summed E-state index contributed by atoms with van der Waals surface area (Å²) in [5, 5.41) is 8.97. The summed E-state index contributed by atoms with van der Waals surface area (Å²) in [6.07, 6.45) is -1.55. The van der Waals surface area contributed by atoms with Crippen LogP contribution in [0.1, 0.15) is 23.2 Å². The first-order valence-electron chi connectivity index (χ1n) is 4.41. The van der Waals surface area contributed by atoms with Gasteiger partial charge in [-0.1, -0.05) is 15.9 Å². The highest BCUT2D eigenvalue weighted by Crippen LogP contribution is 2.31. The zero-order chi connectivity index (χ0) is 12.1. The van der Waals surface area contributed by atoms with Crippen LogP contribution < -0.4 is 4.74 Å². The minimum atomic E-state index is -2.69. The van der Waals surface area contributed by atoms with Gasteiger partial charge in [-0.2, -0.15) is 5.26 Å². The Morgan fingerprint density at radius 2 is 2.25 bits per heavy atom. The molecule has 0 atom stereocenters.